The first kappa shape index (κ1) is 33.5. The van der Waals surface area contributed by atoms with E-state index >= 15 is 0 Å². The molecule has 1 aromatic rings. The average molecular weight is 552 g/mol. The van der Waals surface area contributed by atoms with Crippen LogP contribution in [0.15, 0.2) is 17.5 Å². The summed E-state index contributed by atoms with van der Waals surface area (Å²) in [5.74, 6) is 3.93. The molecule has 0 aliphatic heterocycles. The Labute approximate surface area is 229 Å². The molecule has 1 heterocycles. The molecule has 15 nitrogen and oxygen atoms in total. The van der Waals surface area contributed by atoms with Crippen LogP contribution in [0, 0.1) is 0 Å². The monoisotopic (exact) mass is 551 g/mol. The predicted octanol–water partition coefficient (Wildman–Crippen LogP) is -2.19. The lowest BCUT2D eigenvalue weighted by Crippen LogP contribution is -2.57. The van der Waals surface area contributed by atoms with Gasteiger partial charge < -0.3 is 38.1 Å². The summed E-state index contributed by atoms with van der Waals surface area (Å²) in [5, 5.41) is 8.57. The topological polar surface area (TPSA) is 262 Å². The zero-order valence-electron chi connectivity index (χ0n) is 23.3. The Hall–Kier alpha value is -3.56. The van der Waals surface area contributed by atoms with Gasteiger partial charge in [-0.1, -0.05) is 0 Å². The molecule has 2 atom stereocenters. The van der Waals surface area contributed by atoms with Crippen molar-refractivity contribution in [3.63, 3.8) is 0 Å². The van der Waals surface area contributed by atoms with Gasteiger partial charge in [-0.3, -0.25) is 30.0 Å². The first-order chi connectivity index (χ1) is 18.2. The summed E-state index contributed by atoms with van der Waals surface area (Å²) in [7, 11) is 0. The fraction of sp³-hybridized carbons (Fsp3) is 0.667. The average Bonchev–Trinajstić information content (AvgIpc) is 3.36. The number of primary amides is 1. The molecule has 39 heavy (non-hydrogen) atoms. The number of nitrogens with one attached hydrogen (secondary N) is 5. The van der Waals surface area contributed by atoms with Gasteiger partial charge >= 0.3 is 0 Å². The van der Waals surface area contributed by atoms with Crippen molar-refractivity contribution < 1.29 is 19.2 Å². The summed E-state index contributed by atoms with van der Waals surface area (Å²) in [5.41, 5.74) is 17.1. The number of rotatable bonds is 19. The molecule has 220 valence electrons. The van der Waals surface area contributed by atoms with E-state index in [4.69, 9.17) is 23.0 Å². The second-order valence-electron chi connectivity index (χ2n) is 10.4. The molecule has 15 heteroatoms. The molecule has 0 spiro atoms. The van der Waals surface area contributed by atoms with E-state index in [0.717, 1.165) is 5.69 Å². The lowest BCUT2D eigenvalue weighted by Gasteiger charge is -2.28. The van der Waals surface area contributed by atoms with Crippen LogP contribution in [0.3, 0.4) is 0 Å². The predicted molar refractivity (Wildman–Crippen MR) is 148 cm³/mol. The summed E-state index contributed by atoms with van der Waals surface area (Å²) in [6.07, 6.45) is 5.56. The molecule has 0 aromatic carbocycles. The van der Waals surface area contributed by atoms with Gasteiger partial charge in [0, 0.05) is 31.3 Å². The van der Waals surface area contributed by atoms with E-state index in [2.05, 4.69) is 36.3 Å². The van der Waals surface area contributed by atoms with E-state index < -0.39 is 35.0 Å². The van der Waals surface area contributed by atoms with E-state index in [9.17, 15) is 19.2 Å². The van der Waals surface area contributed by atoms with Gasteiger partial charge in [0.05, 0.1) is 17.4 Å². The van der Waals surface area contributed by atoms with Crippen LogP contribution in [-0.2, 0) is 25.6 Å². The Kier molecular flexibility index (Phi) is 13.5. The van der Waals surface area contributed by atoms with Crippen molar-refractivity contribution in [3.8, 4) is 0 Å². The molecule has 0 bridgehead atoms. The van der Waals surface area contributed by atoms with Gasteiger partial charge in [-0.05, 0) is 59.9 Å². The van der Waals surface area contributed by atoms with Crippen LogP contribution in [0.1, 0.15) is 65.5 Å². The van der Waals surface area contributed by atoms with Crippen molar-refractivity contribution in [1.29, 1.82) is 0 Å². The van der Waals surface area contributed by atoms with E-state index in [1.165, 1.54) is 6.33 Å². The minimum absolute atomic E-state index is 0.0474. The Bertz CT molecular complexity index is 973. The highest BCUT2D eigenvalue weighted by Crippen LogP contribution is 2.12. The van der Waals surface area contributed by atoms with Crippen molar-refractivity contribution in [3.05, 3.63) is 18.2 Å². The number of aliphatic imine (C=N–C) groups is 1. The Morgan fingerprint density at radius 3 is 2.28 bits per heavy atom. The molecular formula is C24H45N11O4. The number of guanidine groups is 1. The first-order valence-electron chi connectivity index (χ1n) is 12.9. The number of aromatic amines is 1. The minimum Gasteiger partial charge on any atom is -0.370 e. The normalized spacial score (nSPS) is 13.3. The second kappa shape index (κ2) is 15.8. The van der Waals surface area contributed by atoms with Gasteiger partial charge in [-0.25, -0.2) is 10.4 Å². The number of aromatic nitrogens is 2. The molecule has 0 radical (unpaired) electrons. The molecule has 0 saturated heterocycles. The smallest absolute Gasteiger partial charge is 0.240 e. The lowest BCUT2D eigenvalue weighted by atomic mass is 9.94. The van der Waals surface area contributed by atoms with Gasteiger partial charge in [0.25, 0.3) is 0 Å². The molecule has 0 aliphatic carbocycles. The third-order valence-corrected chi connectivity index (χ3v) is 6.19. The second-order valence-corrected chi connectivity index (χ2v) is 10.4. The summed E-state index contributed by atoms with van der Waals surface area (Å²) in [4.78, 5) is 60.6. The molecule has 1 rings (SSSR count). The van der Waals surface area contributed by atoms with Crippen molar-refractivity contribution in [2.45, 2.75) is 89.4 Å². The number of imidazole rings is 1. The van der Waals surface area contributed by atoms with E-state index in [1.807, 2.05) is 0 Å². The van der Waals surface area contributed by atoms with Gasteiger partial charge in [-0.2, -0.15) is 0 Å². The number of Topliss-reactive ketones (excluding diaryl/α,β-unsaturated/α-hetero) is 1. The van der Waals surface area contributed by atoms with Gasteiger partial charge in [0.1, 0.15) is 12.1 Å². The first-order valence-corrected chi connectivity index (χ1v) is 12.9. The number of hydrogen-bond donors (Lipinski definition) is 9. The highest BCUT2D eigenvalue weighted by Gasteiger charge is 2.32. The van der Waals surface area contributed by atoms with Crippen molar-refractivity contribution in [2.24, 2.45) is 28.0 Å². The van der Waals surface area contributed by atoms with E-state index in [0.29, 0.717) is 45.2 Å². The van der Waals surface area contributed by atoms with Crippen molar-refractivity contribution in [1.82, 2.24) is 31.3 Å². The van der Waals surface area contributed by atoms with Gasteiger partial charge in [-0.15, -0.1) is 0 Å². The Morgan fingerprint density at radius 2 is 1.72 bits per heavy atom. The number of ketones is 1. The maximum Gasteiger partial charge on any atom is 0.240 e. The van der Waals surface area contributed by atoms with Crippen LogP contribution < -0.4 is 44.4 Å². The van der Waals surface area contributed by atoms with Crippen LogP contribution in [0.25, 0.3) is 0 Å². The molecule has 0 unspecified atom stereocenters. The van der Waals surface area contributed by atoms with E-state index in [-0.39, 0.29) is 24.1 Å². The summed E-state index contributed by atoms with van der Waals surface area (Å²) >= 11 is 0. The maximum absolute atomic E-state index is 12.8. The molecular weight excluding hydrogens is 506 g/mol. The number of hydrogen-bond acceptors (Lipinski definition) is 9. The van der Waals surface area contributed by atoms with Crippen LogP contribution >= 0.6 is 0 Å². The molecule has 1 aromatic heterocycles. The molecule has 0 fully saturated rings. The molecule has 3 amide bonds. The molecule has 0 aliphatic rings. The van der Waals surface area contributed by atoms with Crippen LogP contribution in [0.5, 0.6) is 0 Å². The van der Waals surface area contributed by atoms with Crippen molar-refractivity contribution in [2.75, 3.05) is 13.1 Å². The SMILES string of the molecule is CC(C)(NC(=O)[C@H](Cc1cnc[nH]1)NN)C(=O)CCCCNC(C)(C)C(=O)N[C@@H](CCCN=C(N)N)C(N)=O. The highest BCUT2D eigenvalue weighted by molar-refractivity contribution is 5.93. The lowest BCUT2D eigenvalue weighted by molar-refractivity contribution is -0.132. The zero-order chi connectivity index (χ0) is 29.6. The minimum atomic E-state index is -1.09. The number of carbonyl (C=O) groups is 4. The number of amides is 3. The van der Waals surface area contributed by atoms with E-state index in [1.54, 1.807) is 33.9 Å². The number of nitrogens with zero attached hydrogens (tertiary/aromatic N) is 2. The number of H-pyrrole nitrogens is 1. The third kappa shape index (κ3) is 12.2. The van der Waals surface area contributed by atoms with Gasteiger partial charge in [0.15, 0.2) is 11.7 Å². The Balaban J connectivity index is 2.46. The number of unbranched alkanes of at least 4 members (excludes halogenated alkanes) is 1. The van der Waals surface area contributed by atoms with Crippen LogP contribution in [0.4, 0.5) is 0 Å². The zero-order valence-corrected chi connectivity index (χ0v) is 23.3. The standard InChI is InChI=1S/C24H45N11O4/c1-23(2,34-20(38)17(35-28)12-15-13-29-14-31-15)18(36)9-5-6-11-32-24(3,4)21(39)33-16(19(25)37)8-7-10-30-22(26)27/h13-14,16-17,32,35H,5-12,28H2,1-4H3,(H2,25,37)(H,29,31)(H,33,39)(H,34,38)(H4,26,27,30)/t16-,17-/m0/s1. The fourth-order valence-corrected chi connectivity index (χ4v) is 3.64. The highest BCUT2D eigenvalue weighted by atomic mass is 16.2. The quantitative estimate of drug-likeness (QED) is 0.0295. The van der Waals surface area contributed by atoms with Crippen LogP contribution in [0.2, 0.25) is 0 Å². The Morgan fingerprint density at radius 1 is 1.03 bits per heavy atom. The molecule has 0 saturated carbocycles. The largest absolute Gasteiger partial charge is 0.370 e. The third-order valence-electron chi connectivity index (χ3n) is 6.19. The molecule has 13 N–H and O–H groups in total. The summed E-state index contributed by atoms with van der Waals surface area (Å²) in [6, 6.07) is -1.58. The maximum atomic E-state index is 12.8. The van der Waals surface area contributed by atoms with Gasteiger partial charge in [0.2, 0.25) is 17.7 Å². The summed E-state index contributed by atoms with van der Waals surface area (Å²) in [6.45, 7) is 7.45. The van der Waals surface area contributed by atoms with Crippen LogP contribution in [-0.4, -0.2) is 75.7 Å². The number of hydrazine groups is 1. The van der Waals surface area contributed by atoms with Crippen molar-refractivity contribution >= 4 is 29.5 Å². The number of carbonyl (C=O) groups excluding carboxylic acids is 4. The number of nitrogens with two attached hydrogens (primary N) is 4. The summed E-state index contributed by atoms with van der Waals surface area (Å²) < 4.78 is 0. The fourth-order valence-electron chi connectivity index (χ4n) is 3.64.